The van der Waals surface area contributed by atoms with Crippen LogP contribution >= 0.6 is 11.3 Å². The van der Waals surface area contributed by atoms with Gasteiger partial charge in [-0.3, -0.25) is 0 Å². The lowest BCUT2D eigenvalue weighted by atomic mass is 9.95. The molecule has 1 atom stereocenters. The van der Waals surface area contributed by atoms with E-state index < -0.39 is 0 Å². The summed E-state index contributed by atoms with van der Waals surface area (Å²) < 4.78 is 16.1. The molecule has 0 spiro atoms. The van der Waals surface area contributed by atoms with E-state index in [1.54, 1.807) is 13.0 Å². The SMILES string of the molecule is Cc1nc2sc([C@@H](c3ccccc3F)[NH+]3CCC(C)CC3)c(O)n2n1. The molecule has 1 aliphatic rings. The van der Waals surface area contributed by atoms with Crippen molar-refractivity contribution in [3.8, 4) is 5.88 Å². The molecule has 7 heteroatoms. The number of halogens is 1. The summed E-state index contributed by atoms with van der Waals surface area (Å²) in [6.07, 6.45) is 2.22. The van der Waals surface area contributed by atoms with Crippen LogP contribution in [0.25, 0.3) is 4.96 Å². The number of aromatic nitrogens is 3. The number of likely N-dealkylation sites (tertiary alicyclic amines) is 1. The molecule has 2 N–H and O–H groups in total. The van der Waals surface area contributed by atoms with E-state index in [4.69, 9.17) is 0 Å². The number of thiazole rings is 1. The van der Waals surface area contributed by atoms with Gasteiger partial charge >= 0.3 is 0 Å². The van der Waals surface area contributed by atoms with Crippen molar-refractivity contribution >= 4 is 16.3 Å². The van der Waals surface area contributed by atoms with E-state index >= 15 is 0 Å². The van der Waals surface area contributed by atoms with E-state index in [-0.39, 0.29) is 17.7 Å². The van der Waals surface area contributed by atoms with Crippen molar-refractivity contribution in [3.05, 3.63) is 46.3 Å². The van der Waals surface area contributed by atoms with E-state index in [1.165, 1.54) is 26.8 Å². The van der Waals surface area contributed by atoms with Crippen molar-refractivity contribution in [1.29, 1.82) is 0 Å². The summed E-state index contributed by atoms with van der Waals surface area (Å²) in [7, 11) is 0. The summed E-state index contributed by atoms with van der Waals surface area (Å²) in [5, 5.41) is 15.0. The van der Waals surface area contributed by atoms with Crippen molar-refractivity contribution in [2.24, 2.45) is 5.92 Å². The molecule has 0 radical (unpaired) electrons. The van der Waals surface area contributed by atoms with E-state index in [0.717, 1.165) is 30.8 Å². The van der Waals surface area contributed by atoms with E-state index in [1.807, 2.05) is 12.1 Å². The maximum absolute atomic E-state index is 14.6. The molecular formula is C18H22FN4OS+. The molecule has 0 aliphatic carbocycles. The first-order chi connectivity index (χ1) is 12.0. The second-order valence-electron chi connectivity index (χ2n) is 6.94. The first-order valence-electron chi connectivity index (χ1n) is 8.68. The molecule has 1 aromatic carbocycles. The third-order valence-electron chi connectivity index (χ3n) is 5.11. The summed E-state index contributed by atoms with van der Waals surface area (Å²) in [5.74, 6) is 1.17. The number of benzene rings is 1. The summed E-state index contributed by atoms with van der Waals surface area (Å²) in [5.41, 5.74) is 0.628. The summed E-state index contributed by atoms with van der Waals surface area (Å²) in [6.45, 7) is 5.99. The highest BCUT2D eigenvalue weighted by molar-refractivity contribution is 7.17. The van der Waals surface area contributed by atoms with Crippen LogP contribution in [0.3, 0.4) is 0 Å². The number of piperidine rings is 1. The third-order valence-corrected chi connectivity index (χ3v) is 6.19. The molecule has 1 fully saturated rings. The average molecular weight is 361 g/mol. The van der Waals surface area contributed by atoms with Crippen LogP contribution in [0.5, 0.6) is 5.88 Å². The lowest BCUT2D eigenvalue weighted by molar-refractivity contribution is -0.931. The Kier molecular flexibility index (Phi) is 4.21. The Hall–Kier alpha value is -1.99. The molecule has 2 aromatic heterocycles. The van der Waals surface area contributed by atoms with Crippen LogP contribution in [-0.4, -0.2) is 32.8 Å². The molecule has 0 saturated carbocycles. The van der Waals surface area contributed by atoms with Crippen LogP contribution in [0.4, 0.5) is 4.39 Å². The van der Waals surface area contributed by atoms with E-state index in [0.29, 0.717) is 22.3 Å². The number of hydrogen-bond donors (Lipinski definition) is 2. The second-order valence-corrected chi connectivity index (χ2v) is 7.95. The first kappa shape index (κ1) is 16.5. The Bertz CT molecular complexity index is 898. The Balaban J connectivity index is 1.83. The molecule has 3 aromatic rings. The summed E-state index contributed by atoms with van der Waals surface area (Å²) in [4.78, 5) is 7.04. The number of rotatable bonds is 3. The van der Waals surface area contributed by atoms with E-state index in [9.17, 15) is 9.50 Å². The maximum Gasteiger partial charge on any atom is 0.235 e. The van der Waals surface area contributed by atoms with Gasteiger partial charge in [0.15, 0.2) is 6.04 Å². The predicted molar refractivity (Wildman–Crippen MR) is 94.6 cm³/mol. The van der Waals surface area contributed by atoms with Crippen LogP contribution in [0.1, 0.15) is 42.1 Å². The largest absolute Gasteiger partial charge is 0.492 e. The highest BCUT2D eigenvalue weighted by Gasteiger charge is 2.36. The van der Waals surface area contributed by atoms with Gasteiger partial charge in [0.1, 0.15) is 16.5 Å². The fraction of sp³-hybridized carbons (Fsp3) is 0.444. The molecule has 132 valence electrons. The topological polar surface area (TPSA) is 54.9 Å². The quantitative estimate of drug-likeness (QED) is 0.753. The van der Waals surface area contributed by atoms with Crippen LogP contribution in [0, 0.1) is 18.7 Å². The van der Waals surface area contributed by atoms with Crippen LogP contribution < -0.4 is 4.90 Å². The minimum Gasteiger partial charge on any atom is -0.492 e. The molecule has 25 heavy (non-hydrogen) atoms. The highest BCUT2D eigenvalue weighted by atomic mass is 32.1. The minimum absolute atomic E-state index is 0.0833. The smallest absolute Gasteiger partial charge is 0.235 e. The van der Waals surface area contributed by atoms with Gasteiger partial charge in [-0.2, -0.15) is 4.52 Å². The molecule has 0 unspecified atom stereocenters. The summed E-state index contributed by atoms with van der Waals surface area (Å²) in [6, 6.07) is 6.64. The van der Waals surface area contributed by atoms with Crippen molar-refractivity contribution in [1.82, 2.24) is 14.6 Å². The summed E-state index contributed by atoms with van der Waals surface area (Å²) >= 11 is 1.40. The lowest BCUT2D eigenvalue weighted by Crippen LogP contribution is -3.13. The fourth-order valence-corrected chi connectivity index (χ4v) is 4.89. The van der Waals surface area contributed by atoms with Crippen LogP contribution in [-0.2, 0) is 0 Å². The highest BCUT2D eigenvalue weighted by Crippen LogP contribution is 2.36. The Morgan fingerprint density at radius 1 is 1.32 bits per heavy atom. The van der Waals surface area contributed by atoms with Gasteiger partial charge in [-0.15, -0.1) is 5.10 Å². The molecule has 5 nitrogen and oxygen atoms in total. The zero-order chi connectivity index (χ0) is 17.6. The number of fused-ring (bicyclic) bond motifs is 1. The average Bonchev–Trinajstić information content (AvgIpc) is 3.09. The van der Waals surface area contributed by atoms with E-state index in [2.05, 4.69) is 17.0 Å². The number of hydrogen-bond acceptors (Lipinski definition) is 4. The van der Waals surface area contributed by atoms with Gasteiger partial charge in [-0.05, 0) is 37.8 Å². The van der Waals surface area contributed by atoms with Gasteiger partial charge in [-0.1, -0.05) is 30.4 Å². The van der Waals surface area contributed by atoms with Gasteiger partial charge in [0.2, 0.25) is 10.8 Å². The number of nitrogens with zero attached hydrogens (tertiary/aromatic N) is 3. The number of aryl methyl sites for hydroxylation is 1. The molecule has 4 rings (SSSR count). The zero-order valence-electron chi connectivity index (χ0n) is 14.4. The van der Waals surface area contributed by atoms with Crippen LogP contribution in [0.2, 0.25) is 0 Å². The first-order valence-corrected chi connectivity index (χ1v) is 9.50. The van der Waals surface area contributed by atoms with Crippen molar-refractivity contribution in [2.45, 2.75) is 32.7 Å². The second kappa shape index (κ2) is 6.38. The number of quaternary nitrogens is 1. The van der Waals surface area contributed by atoms with Crippen molar-refractivity contribution in [2.75, 3.05) is 13.1 Å². The van der Waals surface area contributed by atoms with Crippen molar-refractivity contribution < 1.29 is 14.4 Å². The normalized spacial score (nSPS) is 22.4. The van der Waals surface area contributed by atoms with Gasteiger partial charge in [0.25, 0.3) is 0 Å². The molecule has 0 bridgehead atoms. The Morgan fingerprint density at radius 2 is 2.04 bits per heavy atom. The maximum atomic E-state index is 14.6. The van der Waals surface area contributed by atoms with Gasteiger partial charge < -0.3 is 10.0 Å². The standard InChI is InChI=1S/C18H21FN4OS/c1-11-7-9-22(10-8-11)15(13-5-3-4-6-14(13)19)16-17(24)23-18(25-16)20-12(2)21-23/h3-6,11,15,24H,7-10H2,1-2H3/p+1/t15-/m1/s1. The lowest BCUT2D eigenvalue weighted by Gasteiger charge is -2.33. The molecule has 1 saturated heterocycles. The third kappa shape index (κ3) is 2.91. The minimum atomic E-state index is -0.234. The van der Waals surface area contributed by atoms with Crippen molar-refractivity contribution in [3.63, 3.8) is 0 Å². The Labute approximate surface area is 149 Å². The molecule has 0 amide bonds. The zero-order valence-corrected chi connectivity index (χ0v) is 15.2. The monoisotopic (exact) mass is 361 g/mol. The number of aromatic hydroxyl groups is 1. The fourth-order valence-electron chi connectivity index (χ4n) is 3.71. The Morgan fingerprint density at radius 3 is 2.72 bits per heavy atom. The van der Waals surface area contributed by atoms with Gasteiger partial charge in [0, 0.05) is 0 Å². The predicted octanol–water partition coefficient (Wildman–Crippen LogP) is 2.35. The molecular weight excluding hydrogens is 339 g/mol. The van der Waals surface area contributed by atoms with Gasteiger partial charge in [-0.25, -0.2) is 9.37 Å². The molecule has 3 heterocycles. The molecule has 1 aliphatic heterocycles. The van der Waals surface area contributed by atoms with Gasteiger partial charge in [0.05, 0.1) is 18.7 Å². The number of nitrogens with one attached hydrogen (secondary N) is 1. The van der Waals surface area contributed by atoms with Crippen LogP contribution in [0.15, 0.2) is 24.3 Å².